The predicted octanol–water partition coefficient (Wildman–Crippen LogP) is 3.56. The van der Waals surface area contributed by atoms with Gasteiger partial charge in [0.1, 0.15) is 17.2 Å². The molecule has 1 N–H and O–H groups in total. The Morgan fingerprint density at radius 3 is 2.33 bits per heavy atom. The number of rotatable bonds is 4. The molecule has 0 amide bonds. The average molecular weight is 262 g/mol. The third-order valence-corrected chi connectivity index (χ3v) is 3.55. The van der Waals surface area contributed by atoms with Gasteiger partial charge in [-0.3, -0.25) is 0 Å². The highest BCUT2D eigenvalue weighted by Gasteiger charge is 2.13. The Morgan fingerprint density at radius 2 is 1.72 bits per heavy atom. The molecule has 4 heteroatoms. The molecule has 2 aromatic carbocycles. The van der Waals surface area contributed by atoms with Crippen LogP contribution in [0.5, 0.6) is 17.2 Å². The zero-order valence-corrected chi connectivity index (χ0v) is 11.0. The molecule has 2 aromatic rings. The Kier molecular flexibility index (Phi) is 3.99. The Morgan fingerprint density at radius 1 is 1.00 bits per heavy atom. The Labute approximate surface area is 110 Å². The van der Waals surface area contributed by atoms with E-state index in [9.17, 15) is 5.11 Å². The fraction of sp³-hybridized carbons (Fsp3) is 0.143. The second-order valence-corrected chi connectivity index (χ2v) is 4.68. The summed E-state index contributed by atoms with van der Waals surface area (Å²) in [6, 6.07) is 13.2. The molecule has 0 aromatic heterocycles. The minimum atomic E-state index is 0.153. The first kappa shape index (κ1) is 12.6. The van der Waals surface area contributed by atoms with Gasteiger partial charge >= 0.3 is 0 Å². The van der Waals surface area contributed by atoms with E-state index in [0.717, 1.165) is 4.90 Å². The predicted molar refractivity (Wildman–Crippen MR) is 71.8 cm³/mol. The third-order valence-electron chi connectivity index (χ3n) is 2.43. The SMILES string of the molecule is COc1cc(O)c(Sc2ccccc2)c(OC)c1. The van der Waals surface area contributed by atoms with Crippen molar-refractivity contribution in [3.8, 4) is 17.2 Å². The van der Waals surface area contributed by atoms with Gasteiger partial charge < -0.3 is 14.6 Å². The lowest BCUT2D eigenvalue weighted by atomic mass is 10.3. The summed E-state index contributed by atoms with van der Waals surface area (Å²) in [7, 11) is 3.13. The lowest BCUT2D eigenvalue weighted by Crippen LogP contribution is -1.90. The van der Waals surface area contributed by atoms with Gasteiger partial charge in [-0.05, 0) is 12.1 Å². The average Bonchev–Trinajstić information content (AvgIpc) is 2.42. The second-order valence-electron chi connectivity index (χ2n) is 3.59. The molecular formula is C14H14O3S. The standard InChI is InChI=1S/C14H14O3S/c1-16-10-8-12(15)14(13(9-10)17-2)18-11-6-4-3-5-7-11/h3-9,15H,1-2H3. The second kappa shape index (κ2) is 5.69. The normalized spacial score (nSPS) is 10.1. The maximum absolute atomic E-state index is 10.0. The molecule has 2 rings (SSSR count). The number of phenols is 1. The molecule has 94 valence electrons. The summed E-state index contributed by atoms with van der Waals surface area (Å²) in [5.41, 5.74) is 0. The van der Waals surface area contributed by atoms with Gasteiger partial charge in [0.15, 0.2) is 0 Å². The van der Waals surface area contributed by atoms with Crippen LogP contribution in [-0.4, -0.2) is 19.3 Å². The van der Waals surface area contributed by atoms with E-state index in [4.69, 9.17) is 9.47 Å². The van der Waals surface area contributed by atoms with Crippen LogP contribution in [0.15, 0.2) is 52.3 Å². The van der Waals surface area contributed by atoms with Gasteiger partial charge in [-0.1, -0.05) is 30.0 Å². The van der Waals surface area contributed by atoms with Crippen LogP contribution in [0.2, 0.25) is 0 Å². The molecule has 0 saturated heterocycles. The minimum absolute atomic E-state index is 0.153. The maximum Gasteiger partial charge on any atom is 0.140 e. The molecule has 0 fully saturated rings. The molecule has 0 aliphatic heterocycles. The maximum atomic E-state index is 10.0. The summed E-state index contributed by atoms with van der Waals surface area (Å²) >= 11 is 1.45. The molecule has 0 heterocycles. The van der Waals surface area contributed by atoms with Crippen molar-refractivity contribution < 1.29 is 14.6 Å². The van der Waals surface area contributed by atoms with Crippen molar-refractivity contribution in [2.75, 3.05) is 14.2 Å². The highest BCUT2D eigenvalue weighted by molar-refractivity contribution is 7.99. The van der Waals surface area contributed by atoms with Crippen LogP contribution in [0.25, 0.3) is 0 Å². The first-order chi connectivity index (χ1) is 8.74. The summed E-state index contributed by atoms with van der Waals surface area (Å²) in [6.07, 6.45) is 0. The van der Waals surface area contributed by atoms with Crippen molar-refractivity contribution in [1.82, 2.24) is 0 Å². The largest absolute Gasteiger partial charge is 0.506 e. The van der Waals surface area contributed by atoms with Gasteiger partial charge in [0, 0.05) is 17.0 Å². The summed E-state index contributed by atoms with van der Waals surface area (Å²) < 4.78 is 10.4. The lowest BCUT2D eigenvalue weighted by molar-refractivity contribution is 0.373. The van der Waals surface area contributed by atoms with Gasteiger partial charge in [0.2, 0.25) is 0 Å². The van der Waals surface area contributed by atoms with Crippen molar-refractivity contribution >= 4 is 11.8 Å². The molecule has 0 radical (unpaired) electrons. The van der Waals surface area contributed by atoms with Crippen molar-refractivity contribution in [2.45, 2.75) is 9.79 Å². The van der Waals surface area contributed by atoms with Crippen molar-refractivity contribution in [3.63, 3.8) is 0 Å². The number of ether oxygens (including phenoxy) is 2. The Hall–Kier alpha value is -1.81. The van der Waals surface area contributed by atoms with Gasteiger partial charge in [-0.2, -0.15) is 0 Å². The zero-order valence-electron chi connectivity index (χ0n) is 10.2. The van der Waals surface area contributed by atoms with E-state index in [1.807, 2.05) is 30.3 Å². The number of aromatic hydroxyl groups is 1. The number of benzene rings is 2. The summed E-state index contributed by atoms with van der Waals surface area (Å²) in [5.74, 6) is 1.32. The van der Waals surface area contributed by atoms with E-state index in [2.05, 4.69) is 0 Å². The number of methoxy groups -OCH3 is 2. The first-order valence-electron chi connectivity index (χ1n) is 5.42. The molecule has 0 saturated carbocycles. The van der Waals surface area contributed by atoms with E-state index >= 15 is 0 Å². The first-order valence-corrected chi connectivity index (χ1v) is 6.24. The van der Waals surface area contributed by atoms with Crippen LogP contribution in [-0.2, 0) is 0 Å². The van der Waals surface area contributed by atoms with Crippen LogP contribution >= 0.6 is 11.8 Å². The molecule has 3 nitrogen and oxygen atoms in total. The number of hydrogen-bond acceptors (Lipinski definition) is 4. The lowest BCUT2D eigenvalue weighted by Gasteiger charge is -2.12. The van der Waals surface area contributed by atoms with Gasteiger partial charge in [0.25, 0.3) is 0 Å². The van der Waals surface area contributed by atoms with Crippen LogP contribution in [0.4, 0.5) is 0 Å². The monoisotopic (exact) mass is 262 g/mol. The number of phenolic OH excluding ortho intramolecular Hbond substituents is 1. The van der Waals surface area contributed by atoms with Crippen molar-refractivity contribution in [1.29, 1.82) is 0 Å². The third kappa shape index (κ3) is 2.71. The Balaban J connectivity index is 2.38. The summed E-state index contributed by atoms with van der Waals surface area (Å²) in [5, 5.41) is 10.0. The van der Waals surface area contributed by atoms with Crippen LogP contribution < -0.4 is 9.47 Å². The molecule has 0 atom stereocenters. The fourth-order valence-electron chi connectivity index (χ4n) is 1.54. The Bertz CT molecular complexity index is 526. The van der Waals surface area contributed by atoms with Crippen LogP contribution in [0, 0.1) is 0 Å². The molecule has 0 spiro atoms. The fourth-order valence-corrected chi connectivity index (χ4v) is 2.48. The minimum Gasteiger partial charge on any atom is -0.506 e. The van der Waals surface area contributed by atoms with E-state index in [-0.39, 0.29) is 5.75 Å². The van der Waals surface area contributed by atoms with E-state index in [1.165, 1.54) is 11.8 Å². The molecule has 18 heavy (non-hydrogen) atoms. The van der Waals surface area contributed by atoms with Gasteiger partial charge in [0.05, 0.1) is 19.1 Å². The highest BCUT2D eigenvalue weighted by Crippen LogP contribution is 2.43. The molecule has 0 unspecified atom stereocenters. The molecule has 0 aliphatic carbocycles. The molecule has 0 bridgehead atoms. The molecular weight excluding hydrogens is 248 g/mol. The van der Waals surface area contributed by atoms with Crippen LogP contribution in [0.3, 0.4) is 0 Å². The van der Waals surface area contributed by atoms with E-state index in [1.54, 1.807) is 26.4 Å². The van der Waals surface area contributed by atoms with E-state index < -0.39 is 0 Å². The van der Waals surface area contributed by atoms with Gasteiger partial charge in [-0.15, -0.1) is 0 Å². The zero-order chi connectivity index (χ0) is 13.0. The topological polar surface area (TPSA) is 38.7 Å². The van der Waals surface area contributed by atoms with Crippen molar-refractivity contribution in [2.24, 2.45) is 0 Å². The smallest absolute Gasteiger partial charge is 0.140 e. The summed E-state index contributed by atoms with van der Waals surface area (Å²) in [4.78, 5) is 1.72. The van der Waals surface area contributed by atoms with Gasteiger partial charge in [-0.25, -0.2) is 0 Å². The summed E-state index contributed by atoms with van der Waals surface area (Å²) in [6.45, 7) is 0. The van der Waals surface area contributed by atoms with Crippen molar-refractivity contribution in [3.05, 3.63) is 42.5 Å². The number of hydrogen-bond donors (Lipinski definition) is 1. The van der Waals surface area contributed by atoms with Crippen LogP contribution in [0.1, 0.15) is 0 Å². The van der Waals surface area contributed by atoms with E-state index in [0.29, 0.717) is 16.4 Å². The highest BCUT2D eigenvalue weighted by atomic mass is 32.2. The molecule has 0 aliphatic rings. The quantitative estimate of drug-likeness (QED) is 0.914.